The van der Waals surface area contributed by atoms with E-state index in [0.717, 1.165) is 39.0 Å². The van der Waals surface area contributed by atoms with Crippen molar-refractivity contribution < 1.29 is 9.90 Å². The zero-order valence-corrected chi connectivity index (χ0v) is 10.2. The third kappa shape index (κ3) is 5.47. The van der Waals surface area contributed by atoms with Gasteiger partial charge in [-0.15, -0.1) is 0 Å². The van der Waals surface area contributed by atoms with Gasteiger partial charge in [0.2, 0.25) is 5.91 Å². The molecular weight excluding hydrogens is 204 g/mol. The minimum Gasteiger partial charge on any atom is -0.396 e. The van der Waals surface area contributed by atoms with Crippen LogP contribution in [0.15, 0.2) is 0 Å². The van der Waals surface area contributed by atoms with Crippen molar-refractivity contribution in [1.29, 1.82) is 0 Å². The number of rotatable bonds is 6. The van der Waals surface area contributed by atoms with Gasteiger partial charge in [0.25, 0.3) is 0 Å². The molecule has 1 aliphatic heterocycles. The minimum atomic E-state index is 0.0744. The van der Waals surface area contributed by atoms with E-state index in [4.69, 9.17) is 5.11 Å². The topological polar surface area (TPSA) is 52.6 Å². The van der Waals surface area contributed by atoms with Crippen LogP contribution in [-0.2, 0) is 4.79 Å². The van der Waals surface area contributed by atoms with E-state index in [1.165, 1.54) is 12.8 Å². The van der Waals surface area contributed by atoms with Crippen molar-refractivity contribution in [2.75, 3.05) is 32.8 Å². The summed E-state index contributed by atoms with van der Waals surface area (Å²) in [6.07, 6.45) is 4.36. The van der Waals surface area contributed by atoms with Gasteiger partial charge in [0.1, 0.15) is 0 Å². The van der Waals surface area contributed by atoms with Gasteiger partial charge in [0.05, 0.1) is 0 Å². The van der Waals surface area contributed by atoms with E-state index in [1.54, 1.807) is 6.92 Å². The summed E-state index contributed by atoms with van der Waals surface area (Å²) in [6.45, 7) is 6.08. The first kappa shape index (κ1) is 13.5. The van der Waals surface area contributed by atoms with Gasteiger partial charge in [-0.2, -0.15) is 0 Å². The first-order valence-electron chi connectivity index (χ1n) is 6.30. The zero-order valence-electron chi connectivity index (χ0n) is 10.2. The molecule has 0 unspecified atom stereocenters. The highest BCUT2D eigenvalue weighted by atomic mass is 16.2. The predicted octanol–water partition coefficient (Wildman–Crippen LogP) is 0.607. The minimum absolute atomic E-state index is 0.0744. The van der Waals surface area contributed by atoms with E-state index >= 15 is 0 Å². The smallest absolute Gasteiger partial charge is 0.216 e. The second-order valence-corrected chi connectivity index (χ2v) is 4.65. The lowest BCUT2D eigenvalue weighted by molar-refractivity contribution is -0.119. The second-order valence-electron chi connectivity index (χ2n) is 4.65. The molecule has 1 aliphatic rings. The summed E-state index contributed by atoms with van der Waals surface area (Å²) in [5.74, 6) is 0.725. The fourth-order valence-electron chi connectivity index (χ4n) is 2.15. The van der Waals surface area contributed by atoms with Gasteiger partial charge in [-0.3, -0.25) is 4.79 Å². The maximum atomic E-state index is 10.8. The van der Waals surface area contributed by atoms with Crippen LogP contribution in [0, 0.1) is 5.92 Å². The number of aliphatic hydroxyl groups is 1. The molecule has 0 aromatic carbocycles. The van der Waals surface area contributed by atoms with E-state index in [1.807, 2.05) is 0 Å². The van der Waals surface area contributed by atoms with Gasteiger partial charge in [0.15, 0.2) is 0 Å². The Kier molecular flexibility index (Phi) is 6.42. The molecule has 1 saturated heterocycles. The van der Waals surface area contributed by atoms with Crippen molar-refractivity contribution in [2.45, 2.75) is 32.6 Å². The zero-order chi connectivity index (χ0) is 11.8. The number of hydrogen-bond donors (Lipinski definition) is 2. The number of carbonyl (C=O) groups is 1. The molecule has 16 heavy (non-hydrogen) atoms. The Balaban J connectivity index is 2.06. The fourth-order valence-corrected chi connectivity index (χ4v) is 2.15. The molecule has 1 rings (SSSR count). The Labute approximate surface area is 98.0 Å². The fraction of sp³-hybridized carbons (Fsp3) is 0.917. The van der Waals surface area contributed by atoms with Crippen molar-refractivity contribution in [3.05, 3.63) is 0 Å². The molecule has 0 spiro atoms. The Morgan fingerprint density at radius 2 is 2.06 bits per heavy atom. The third-order valence-electron chi connectivity index (χ3n) is 3.23. The Morgan fingerprint density at radius 1 is 1.38 bits per heavy atom. The average molecular weight is 228 g/mol. The normalized spacial score (nSPS) is 18.6. The van der Waals surface area contributed by atoms with Crippen LogP contribution in [0.25, 0.3) is 0 Å². The number of aliphatic hydroxyl groups excluding tert-OH is 1. The summed E-state index contributed by atoms with van der Waals surface area (Å²) in [5.41, 5.74) is 0. The molecule has 1 fully saturated rings. The van der Waals surface area contributed by atoms with Crippen molar-refractivity contribution >= 4 is 5.91 Å². The molecule has 0 atom stereocenters. The van der Waals surface area contributed by atoms with Crippen LogP contribution in [-0.4, -0.2) is 48.7 Å². The summed E-state index contributed by atoms with van der Waals surface area (Å²) >= 11 is 0. The Hall–Kier alpha value is -0.610. The van der Waals surface area contributed by atoms with Gasteiger partial charge in [-0.1, -0.05) is 0 Å². The SMILES string of the molecule is CC(=O)NCC1CCN(CCCCO)CC1. The summed E-state index contributed by atoms with van der Waals surface area (Å²) < 4.78 is 0. The van der Waals surface area contributed by atoms with Gasteiger partial charge in [0, 0.05) is 20.1 Å². The van der Waals surface area contributed by atoms with Crippen LogP contribution in [0.5, 0.6) is 0 Å². The molecule has 1 amide bonds. The van der Waals surface area contributed by atoms with Gasteiger partial charge in [-0.25, -0.2) is 0 Å². The van der Waals surface area contributed by atoms with Gasteiger partial charge in [-0.05, 0) is 51.2 Å². The summed E-state index contributed by atoms with van der Waals surface area (Å²) in [5, 5.41) is 11.6. The highest BCUT2D eigenvalue weighted by Gasteiger charge is 2.18. The maximum absolute atomic E-state index is 10.8. The average Bonchev–Trinajstić information content (AvgIpc) is 2.28. The first-order valence-corrected chi connectivity index (χ1v) is 6.30. The number of amides is 1. The number of piperidine rings is 1. The Morgan fingerprint density at radius 3 is 2.62 bits per heavy atom. The maximum Gasteiger partial charge on any atom is 0.216 e. The number of nitrogens with one attached hydrogen (secondary N) is 1. The molecule has 4 heteroatoms. The van der Waals surface area contributed by atoms with Crippen molar-refractivity contribution in [2.24, 2.45) is 5.92 Å². The molecule has 94 valence electrons. The van der Waals surface area contributed by atoms with Gasteiger partial charge >= 0.3 is 0 Å². The molecule has 0 radical (unpaired) electrons. The number of nitrogens with zero attached hydrogens (tertiary/aromatic N) is 1. The van der Waals surface area contributed by atoms with E-state index in [-0.39, 0.29) is 5.91 Å². The van der Waals surface area contributed by atoms with Crippen molar-refractivity contribution in [3.63, 3.8) is 0 Å². The largest absolute Gasteiger partial charge is 0.396 e. The molecule has 0 saturated carbocycles. The first-order chi connectivity index (χ1) is 7.72. The van der Waals surface area contributed by atoms with Crippen LogP contribution in [0.1, 0.15) is 32.6 Å². The van der Waals surface area contributed by atoms with Gasteiger partial charge < -0.3 is 15.3 Å². The number of carbonyl (C=O) groups excluding carboxylic acids is 1. The quantitative estimate of drug-likeness (QED) is 0.655. The second kappa shape index (κ2) is 7.63. The summed E-state index contributed by atoms with van der Waals surface area (Å²) in [4.78, 5) is 13.2. The number of unbranched alkanes of at least 4 members (excludes halogenated alkanes) is 1. The molecule has 4 nitrogen and oxygen atoms in total. The molecule has 0 bridgehead atoms. The van der Waals surface area contributed by atoms with E-state index in [0.29, 0.717) is 12.5 Å². The van der Waals surface area contributed by atoms with E-state index < -0.39 is 0 Å². The van der Waals surface area contributed by atoms with Crippen LogP contribution in [0.4, 0.5) is 0 Å². The molecule has 0 aromatic rings. The lowest BCUT2D eigenvalue weighted by Crippen LogP contribution is -2.38. The number of hydrogen-bond acceptors (Lipinski definition) is 3. The van der Waals surface area contributed by atoms with E-state index in [9.17, 15) is 4.79 Å². The highest BCUT2D eigenvalue weighted by molar-refractivity contribution is 5.72. The van der Waals surface area contributed by atoms with Crippen LogP contribution in [0.2, 0.25) is 0 Å². The Bertz CT molecular complexity index is 201. The molecular formula is C12H24N2O2. The molecule has 1 heterocycles. The van der Waals surface area contributed by atoms with E-state index in [2.05, 4.69) is 10.2 Å². The third-order valence-corrected chi connectivity index (χ3v) is 3.23. The standard InChI is InChI=1S/C12H24N2O2/c1-11(16)13-10-12-4-7-14(8-5-12)6-2-3-9-15/h12,15H,2-10H2,1H3,(H,13,16). The monoisotopic (exact) mass is 228 g/mol. The predicted molar refractivity (Wildman–Crippen MR) is 64.2 cm³/mol. The van der Waals surface area contributed by atoms with Crippen LogP contribution >= 0.6 is 0 Å². The summed E-state index contributed by atoms with van der Waals surface area (Å²) in [6, 6.07) is 0. The summed E-state index contributed by atoms with van der Waals surface area (Å²) in [7, 11) is 0. The van der Waals surface area contributed by atoms with Crippen LogP contribution < -0.4 is 5.32 Å². The highest BCUT2D eigenvalue weighted by Crippen LogP contribution is 2.16. The lowest BCUT2D eigenvalue weighted by Gasteiger charge is -2.31. The van der Waals surface area contributed by atoms with Crippen molar-refractivity contribution in [1.82, 2.24) is 10.2 Å². The molecule has 0 aromatic heterocycles. The van der Waals surface area contributed by atoms with Crippen molar-refractivity contribution in [3.8, 4) is 0 Å². The molecule has 0 aliphatic carbocycles. The number of likely N-dealkylation sites (tertiary alicyclic amines) is 1. The molecule has 2 N–H and O–H groups in total. The van der Waals surface area contributed by atoms with Crippen LogP contribution in [0.3, 0.4) is 0 Å². The lowest BCUT2D eigenvalue weighted by atomic mass is 9.96.